The minimum Gasteiger partial charge on any atom is -0.0802 e. The van der Waals surface area contributed by atoms with Gasteiger partial charge in [0.15, 0.2) is 0 Å². The number of aryl methyl sites for hydroxylation is 1. The Labute approximate surface area is 91.3 Å². The van der Waals surface area contributed by atoms with Crippen molar-refractivity contribution in [2.45, 2.75) is 20.3 Å². The number of rotatable bonds is 1. The molecule has 0 heteroatoms. The number of fused-ring (bicyclic) bond motifs is 1. The summed E-state index contributed by atoms with van der Waals surface area (Å²) in [5.41, 5.74) is 5.86. The fourth-order valence-corrected chi connectivity index (χ4v) is 2.65. The molecular weight excluding hydrogens is 180 g/mol. The number of allylic oxidation sites excluding steroid dienone is 4. The molecule has 2 aliphatic carbocycles. The Balaban J connectivity index is 2.11. The highest BCUT2D eigenvalue weighted by atomic mass is 14.4. The van der Waals surface area contributed by atoms with Crippen molar-refractivity contribution in [3.8, 4) is 0 Å². The molecule has 0 saturated heterocycles. The molecule has 0 aromatic heterocycles. The standard InChI is InChI=1S/C15H16/c1-10-5-3-4-6-13(10)14-8-7-12-9-15(12)11(14)2/h3-8,12,15H,9H2,1-2H3. The van der Waals surface area contributed by atoms with Gasteiger partial charge in [0.05, 0.1) is 0 Å². The Bertz CT molecular complexity index is 463. The van der Waals surface area contributed by atoms with Crippen LogP contribution < -0.4 is 0 Å². The summed E-state index contributed by atoms with van der Waals surface area (Å²) < 4.78 is 0. The van der Waals surface area contributed by atoms with Crippen molar-refractivity contribution in [2.75, 3.05) is 0 Å². The lowest BCUT2D eigenvalue weighted by molar-refractivity contribution is 0.915. The quantitative estimate of drug-likeness (QED) is 0.637. The highest BCUT2D eigenvalue weighted by Crippen LogP contribution is 2.50. The Kier molecular flexibility index (Phi) is 1.85. The molecule has 1 fully saturated rings. The first kappa shape index (κ1) is 8.96. The van der Waals surface area contributed by atoms with Gasteiger partial charge in [0.1, 0.15) is 0 Å². The topological polar surface area (TPSA) is 0 Å². The maximum absolute atomic E-state index is 2.39. The zero-order valence-corrected chi connectivity index (χ0v) is 9.33. The summed E-state index contributed by atoms with van der Waals surface area (Å²) in [4.78, 5) is 0. The molecule has 0 bridgehead atoms. The molecule has 3 rings (SSSR count). The first-order valence-electron chi connectivity index (χ1n) is 5.72. The smallest absolute Gasteiger partial charge is 0.0128 e. The van der Waals surface area contributed by atoms with Gasteiger partial charge in [0, 0.05) is 0 Å². The summed E-state index contributed by atoms with van der Waals surface area (Å²) in [7, 11) is 0. The van der Waals surface area contributed by atoms with Crippen molar-refractivity contribution < 1.29 is 0 Å². The molecule has 0 spiro atoms. The van der Waals surface area contributed by atoms with Gasteiger partial charge >= 0.3 is 0 Å². The average Bonchev–Trinajstić information content (AvgIpc) is 3.00. The zero-order chi connectivity index (χ0) is 10.4. The van der Waals surface area contributed by atoms with Gasteiger partial charge < -0.3 is 0 Å². The first-order chi connectivity index (χ1) is 7.27. The molecule has 0 radical (unpaired) electrons. The molecule has 1 aromatic carbocycles. The third-order valence-electron chi connectivity index (χ3n) is 3.77. The van der Waals surface area contributed by atoms with Crippen LogP contribution in [0.3, 0.4) is 0 Å². The van der Waals surface area contributed by atoms with Crippen LogP contribution in [-0.2, 0) is 0 Å². The van der Waals surface area contributed by atoms with Gasteiger partial charge in [0.2, 0.25) is 0 Å². The van der Waals surface area contributed by atoms with Crippen LogP contribution in [0.1, 0.15) is 24.5 Å². The van der Waals surface area contributed by atoms with E-state index in [0.717, 1.165) is 11.8 Å². The SMILES string of the molecule is CC1=C(c2ccccc2C)C=CC2CC12. The lowest BCUT2D eigenvalue weighted by atomic mass is 9.91. The summed E-state index contributed by atoms with van der Waals surface area (Å²) in [6.07, 6.45) is 6.09. The minimum atomic E-state index is 0.851. The molecular formula is C15H16. The van der Waals surface area contributed by atoms with E-state index >= 15 is 0 Å². The molecule has 15 heavy (non-hydrogen) atoms. The largest absolute Gasteiger partial charge is 0.0802 e. The van der Waals surface area contributed by atoms with Crippen LogP contribution in [0.2, 0.25) is 0 Å². The van der Waals surface area contributed by atoms with Gasteiger partial charge in [-0.2, -0.15) is 0 Å². The van der Waals surface area contributed by atoms with E-state index < -0.39 is 0 Å². The summed E-state index contributed by atoms with van der Waals surface area (Å²) in [5.74, 6) is 1.71. The second kappa shape index (κ2) is 3.10. The fraction of sp³-hybridized carbons (Fsp3) is 0.333. The summed E-state index contributed by atoms with van der Waals surface area (Å²) in [6.45, 7) is 4.50. The van der Waals surface area contributed by atoms with E-state index in [1.54, 1.807) is 5.57 Å². The van der Waals surface area contributed by atoms with Crippen LogP contribution in [0.15, 0.2) is 42.0 Å². The lowest BCUT2D eigenvalue weighted by Crippen LogP contribution is -1.96. The number of hydrogen-bond acceptors (Lipinski definition) is 0. The summed E-state index contributed by atoms with van der Waals surface area (Å²) in [6, 6.07) is 8.68. The van der Waals surface area contributed by atoms with Crippen LogP contribution in [0.25, 0.3) is 5.57 Å². The predicted octanol–water partition coefficient (Wildman–Crippen LogP) is 3.97. The van der Waals surface area contributed by atoms with Crippen molar-refractivity contribution in [3.05, 3.63) is 53.1 Å². The van der Waals surface area contributed by atoms with E-state index in [1.165, 1.54) is 23.1 Å². The summed E-state index contributed by atoms with van der Waals surface area (Å²) in [5, 5.41) is 0. The lowest BCUT2D eigenvalue weighted by Gasteiger charge is -2.14. The van der Waals surface area contributed by atoms with Crippen LogP contribution in [-0.4, -0.2) is 0 Å². The molecule has 0 heterocycles. The molecule has 2 atom stereocenters. The molecule has 1 aromatic rings. The third kappa shape index (κ3) is 1.36. The molecule has 0 amide bonds. The van der Waals surface area contributed by atoms with Crippen LogP contribution in [0.4, 0.5) is 0 Å². The van der Waals surface area contributed by atoms with Gasteiger partial charge in [-0.15, -0.1) is 0 Å². The molecule has 2 aliphatic rings. The van der Waals surface area contributed by atoms with E-state index in [9.17, 15) is 0 Å². The maximum atomic E-state index is 2.39. The van der Waals surface area contributed by atoms with Crippen molar-refractivity contribution in [3.63, 3.8) is 0 Å². The van der Waals surface area contributed by atoms with Gasteiger partial charge in [-0.05, 0) is 48.8 Å². The average molecular weight is 196 g/mol. The van der Waals surface area contributed by atoms with Crippen LogP contribution in [0, 0.1) is 18.8 Å². The molecule has 0 aliphatic heterocycles. The van der Waals surface area contributed by atoms with Crippen LogP contribution in [0.5, 0.6) is 0 Å². The molecule has 0 nitrogen and oxygen atoms in total. The van der Waals surface area contributed by atoms with Crippen molar-refractivity contribution in [1.29, 1.82) is 0 Å². The highest BCUT2D eigenvalue weighted by molar-refractivity contribution is 5.80. The van der Waals surface area contributed by atoms with Crippen molar-refractivity contribution in [2.24, 2.45) is 11.8 Å². The Morgan fingerprint density at radius 3 is 2.73 bits per heavy atom. The van der Waals surface area contributed by atoms with E-state index in [0.29, 0.717) is 0 Å². The fourth-order valence-electron chi connectivity index (χ4n) is 2.65. The second-order valence-electron chi connectivity index (χ2n) is 4.78. The van der Waals surface area contributed by atoms with Gasteiger partial charge in [0.25, 0.3) is 0 Å². The van der Waals surface area contributed by atoms with Gasteiger partial charge in [-0.1, -0.05) is 42.0 Å². The number of benzene rings is 1. The number of hydrogen-bond donors (Lipinski definition) is 0. The van der Waals surface area contributed by atoms with E-state index in [-0.39, 0.29) is 0 Å². The van der Waals surface area contributed by atoms with Crippen molar-refractivity contribution >= 4 is 5.57 Å². The normalized spacial score (nSPS) is 27.9. The van der Waals surface area contributed by atoms with E-state index in [2.05, 4.69) is 50.3 Å². The Morgan fingerprint density at radius 2 is 1.93 bits per heavy atom. The highest BCUT2D eigenvalue weighted by Gasteiger charge is 2.39. The molecule has 0 N–H and O–H groups in total. The predicted molar refractivity (Wildman–Crippen MR) is 64.5 cm³/mol. The van der Waals surface area contributed by atoms with Gasteiger partial charge in [-0.3, -0.25) is 0 Å². The zero-order valence-electron chi connectivity index (χ0n) is 9.33. The second-order valence-corrected chi connectivity index (χ2v) is 4.78. The van der Waals surface area contributed by atoms with Gasteiger partial charge in [-0.25, -0.2) is 0 Å². The Morgan fingerprint density at radius 1 is 1.13 bits per heavy atom. The molecule has 76 valence electrons. The third-order valence-corrected chi connectivity index (χ3v) is 3.77. The monoisotopic (exact) mass is 196 g/mol. The van der Waals surface area contributed by atoms with Crippen molar-refractivity contribution in [1.82, 2.24) is 0 Å². The summed E-state index contributed by atoms with van der Waals surface area (Å²) >= 11 is 0. The van der Waals surface area contributed by atoms with E-state index in [4.69, 9.17) is 0 Å². The van der Waals surface area contributed by atoms with E-state index in [1.807, 2.05) is 0 Å². The first-order valence-corrected chi connectivity index (χ1v) is 5.72. The van der Waals surface area contributed by atoms with Crippen LogP contribution >= 0.6 is 0 Å². The molecule has 2 unspecified atom stereocenters. The molecule has 1 saturated carbocycles. The minimum absolute atomic E-state index is 0.851. The Hall–Kier alpha value is -1.30. The maximum Gasteiger partial charge on any atom is -0.0128 e.